The van der Waals surface area contributed by atoms with Crippen molar-refractivity contribution in [3.63, 3.8) is 0 Å². The van der Waals surface area contributed by atoms with E-state index >= 15 is 0 Å². The van der Waals surface area contributed by atoms with Gasteiger partial charge in [0.15, 0.2) is 11.6 Å². The number of nitrogens with zero attached hydrogens (tertiary/aromatic N) is 2. The van der Waals surface area contributed by atoms with Gasteiger partial charge in [-0.25, -0.2) is 13.8 Å². The Hall–Kier alpha value is -2.82. The lowest BCUT2D eigenvalue weighted by molar-refractivity contribution is 0.507. The van der Waals surface area contributed by atoms with Crippen LogP contribution in [0.15, 0.2) is 48.8 Å². The highest BCUT2D eigenvalue weighted by Gasteiger charge is 2.23. The molecule has 0 amide bonds. The quantitative estimate of drug-likeness (QED) is 0.711. The average Bonchev–Trinajstić information content (AvgIpc) is 2.69. The van der Waals surface area contributed by atoms with Crippen molar-refractivity contribution in [2.45, 2.75) is 38.6 Å². The van der Waals surface area contributed by atoms with Gasteiger partial charge < -0.3 is 5.32 Å². The summed E-state index contributed by atoms with van der Waals surface area (Å²) >= 11 is 0. The number of benzene rings is 1. The van der Waals surface area contributed by atoms with Crippen LogP contribution in [0, 0.1) is 18.6 Å². The molecular formula is C22H21F2N3. The van der Waals surface area contributed by atoms with Crippen LogP contribution in [0.3, 0.4) is 0 Å². The molecule has 2 aromatic heterocycles. The summed E-state index contributed by atoms with van der Waals surface area (Å²) in [6.45, 7) is 2.44. The van der Waals surface area contributed by atoms with E-state index in [4.69, 9.17) is 0 Å². The van der Waals surface area contributed by atoms with E-state index in [0.717, 1.165) is 42.4 Å². The van der Waals surface area contributed by atoms with Gasteiger partial charge in [-0.1, -0.05) is 12.1 Å². The predicted octanol–water partition coefficient (Wildman–Crippen LogP) is 4.95. The Morgan fingerprint density at radius 2 is 1.96 bits per heavy atom. The van der Waals surface area contributed by atoms with Crippen LogP contribution in [0.5, 0.6) is 0 Å². The lowest BCUT2D eigenvalue weighted by Gasteiger charge is -2.26. The largest absolute Gasteiger partial charge is 0.366 e. The Labute approximate surface area is 157 Å². The van der Waals surface area contributed by atoms with Crippen molar-refractivity contribution in [2.24, 2.45) is 0 Å². The zero-order chi connectivity index (χ0) is 18.8. The molecule has 4 rings (SSSR count). The summed E-state index contributed by atoms with van der Waals surface area (Å²) in [6.07, 6.45) is 6.64. The number of aromatic nitrogens is 2. The number of anilines is 1. The van der Waals surface area contributed by atoms with Crippen LogP contribution in [-0.4, -0.2) is 9.97 Å². The van der Waals surface area contributed by atoms with Crippen molar-refractivity contribution in [3.8, 4) is 0 Å². The highest BCUT2D eigenvalue weighted by atomic mass is 19.2. The van der Waals surface area contributed by atoms with E-state index in [1.165, 1.54) is 17.2 Å². The molecule has 1 aromatic carbocycles. The Morgan fingerprint density at radius 3 is 2.74 bits per heavy atom. The number of fused-ring (bicyclic) bond motifs is 1. The topological polar surface area (TPSA) is 37.8 Å². The molecule has 1 unspecified atom stereocenters. The second-order valence-corrected chi connectivity index (χ2v) is 7.10. The molecule has 3 aromatic rings. The zero-order valence-corrected chi connectivity index (χ0v) is 15.2. The van der Waals surface area contributed by atoms with E-state index in [1.54, 1.807) is 12.3 Å². The van der Waals surface area contributed by atoms with E-state index < -0.39 is 11.6 Å². The van der Waals surface area contributed by atoms with Crippen LogP contribution in [0.25, 0.3) is 0 Å². The second kappa shape index (κ2) is 7.43. The van der Waals surface area contributed by atoms with E-state index in [-0.39, 0.29) is 0 Å². The number of nitrogens with one attached hydrogen (secondary N) is 1. The number of rotatable bonds is 4. The molecule has 1 aliphatic carbocycles. The number of hydrogen-bond donors (Lipinski definition) is 1. The Bertz CT molecular complexity index is 954. The van der Waals surface area contributed by atoms with Crippen molar-refractivity contribution >= 4 is 5.82 Å². The average molecular weight is 365 g/mol. The lowest BCUT2D eigenvalue weighted by Crippen LogP contribution is -2.17. The molecule has 2 heterocycles. The van der Waals surface area contributed by atoms with E-state index in [9.17, 15) is 8.78 Å². The van der Waals surface area contributed by atoms with Gasteiger partial charge in [0.1, 0.15) is 5.82 Å². The van der Waals surface area contributed by atoms with Gasteiger partial charge >= 0.3 is 0 Å². The summed E-state index contributed by atoms with van der Waals surface area (Å²) in [5.74, 6) is -0.481. The molecule has 0 bridgehead atoms. The fourth-order valence-electron chi connectivity index (χ4n) is 3.63. The van der Waals surface area contributed by atoms with E-state index in [1.807, 2.05) is 13.1 Å². The highest BCUT2D eigenvalue weighted by Crippen LogP contribution is 2.34. The molecule has 0 aliphatic heterocycles. The standard InChI is InChI=1S/C22H21F2N3/c1-14-2-7-21(26-12-14)17-5-4-16-8-9-25-22(18(16)11-17)27-13-15-3-6-19(23)20(24)10-15/h2-3,6-10,12,17H,4-5,11,13H2,1H3,(H,25,27). The third-order valence-corrected chi connectivity index (χ3v) is 5.16. The Balaban J connectivity index is 1.54. The van der Waals surface area contributed by atoms with Gasteiger partial charge in [-0.15, -0.1) is 0 Å². The monoisotopic (exact) mass is 365 g/mol. The zero-order valence-electron chi connectivity index (χ0n) is 15.2. The van der Waals surface area contributed by atoms with Crippen LogP contribution in [0.1, 0.15) is 40.3 Å². The van der Waals surface area contributed by atoms with Gasteiger partial charge in [-0.3, -0.25) is 4.98 Å². The SMILES string of the molecule is Cc1ccc(C2CCc3ccnc(NCc4ccc(F)c(F)c4)c3C2)nc1. The molecule has 5 heteroatoms. The normalized spacial score (nSPS) is 16.0. The number of hydrogen-bond acceptors (Lipinski definition) is 3. The molecule has 0 spiro atoms. The van der Waals surface area contributed by atoms with Crippen molar-refractivity contribution in [2.75, 3.05) is 5.32 Å². The van der Waals surface area contributed by atoms with Crippen LogP contribution >= 0.6 is 0 Å². The first-order valence-corrected chi connectivity index (χ1v) is 9.17. The molecule has 0 saturated heterocycles. The van der Waals surface area contributed by atoms with Crippen molar-refractivity contribution in [1.82, 2.24) is 9.97 Å². The van der Waals surface area contributed by atoms with Gasteiger partial charge in [0.25, 0.3) is 0 Å². The number of pyridine rings is 2. The summed E-state index contributed by atoms with van der Waals surface area (Å²) in [6, 6.07) is 10.2. The van der Waals surface area contributed by atoms with Crippen molar-refractivity contribution in [1.29, 1.82) is 0 Å². The van der Waals surface area contributed by atoms with Gasteiger partial charge in [0.2, 0.25) is 0 Å². The first kappa shape index (κ1) is 17.6. The van der Waals surface area contributed by atoms with E-state index in [2.05, 4.69) is 33.5 Å². The van der Waals surface area contributed by atoms with Crippen LogP contribution < -0.4 is 5.32 Å². The first-order valence-electron chi connectivity index (χ1n) is 9.17. The predicted molar refractivity (Wildman–Crippen MR) is 102 cm³/mol. The summed E-state index contributed by atoms with van der Waals surface area (Å²) < 4.78 is 26.5. The molecule has 138 valence electrons. The first-order chi connectivity index (χ1) is 13.1. The van der Waals surface area contributed by atoms with Crippen LogP contribution in [0.4, 0.5) is 14.6 Å². The summed E-state index contributed by atoms with van der Waals surface area (Å²) in [5, 5.41) is 3.30. The molecular weight excluding hydrogens is 344 g/mol. The fourth-order valence-corrected chi connectivity index (χ4v) is 3.63. The third kappa shape index (κ3) is 3.82. The summed E-state index contributed by atoms with van der Waals surface area (Å²) in [4.78, 5) is 9.09. The lowest BCUT2D eigenvalue weighted by atomic mass is 9.82. The molecule has 0 saturated carbocycles. The molecule has 27 heavy (non-hydrogen) atoms. The molecule has 3 nitrogen and oxygen atoms in total. The molecule has 1 N–H and O–H groups in total. The maximum absolute atomic E-state index is 13.4. The second-order valence-electron chi connectivity index (χ2n) is 7.10. The van der Waals surface area contributed by atoms with Crippen molar-refractivity contribution in [3.05, 3.63) is 88.4 Å². The van der Waals surface area contributed by atoms with Gasteiger partial charge in [-0.2, -0.15) is 0 Å². The molecule has 1 atom stereocenters. The number of halogens is 2. The maximum Gasteiger partial charge on any atom is 0.159 e. The van der Waals surface area contributed by atoms with Crippen LogP contribution in [-0.2, 0) is 19.4 Å². The molecule has 0 fully saturated rings. The molecule has 0 radical (unpaired) electrons. The van der Waals surface area contributed by atoms with Crippen LogP contribution in [0.2, 0.25) is 0 Å². The van der Waals surface area contributed by atoms with E-state index in [0.29, 0.717) is 18.0 Å². The van der Waals surface area contributed by atoms with Gasteiger partial charge in [-0.05, 0) is 72.7 Å². The summed E-state index contributed by atoms with van der Waals surface area (Å²) in [7, 11) is 0. The fraction of sp³-hybridized carbons (Fsp3) is 0.273. The molecule has 1 aliphatic rings. The minimum absolute atomic E-state index is 0.367. The maximum atomic E-state index is 13.4. The third-order valence-electron chi connectivity index (χ3n) is 5.16. The Kier molecular flexibility index (Phi) is 4.84. The minimum Gasteiger partial charge on any atom is -0.366 e. The Morgan fingerprint density at radius 1 is 1.07 bits per heavy atom. The number of aryl methyl sites for hydroxylation is 2. The minimum atomic E-state index is -0.831. The summed E-state index contributed by atoms with van der Waals surface area (Å²) in [5.41, 5.74) is 5.44. The van der Waals surface area contributed by atoms with Crippen molar-refractivity contribution < 1.29 is 8.78 Å². The van der Waals surface area contributed by atoms with Gasteiger partial charge in [0.05, 0.1) is 0 Å². The van der Waals surface area contributed by atoms with Gasteiger partial charge in [0, 0.05) is 30.6 Å². The highest BCUT2D eigenvalue weighted by molar-refractivity contribution is 5.51. The smallest absolute Gasteiger partial charge is 0.159 e.